The molecule has 0 N–H and O–H groups in total. The van der Waals surface area contributed by atoms with E-state index in [0.29, 0.717) is 0 Å². The van der Waals surface area contributed by atoms with Gasteiger partial charge in [0.05, 0.1) is 7.85 Å². The zero-order valence-corrected chi connectivity index (χ0v) is 5.24. The van der Waals surface area contributed by atoms with Crippen molar-refractivity contribution in [3.8, 4) is 0 Å². The smallest absolute Gasteiger partial charge is 0.0846 e. The van der Waals surface area contributed by atoms with Crippen LogP contribution in [0.2, 0.25) is 6.32 Å². The van der Waals surface area contributed by atoms with Gasteiger partial charge in [0.2, 0.25) is 0 Å². The molecule has 0 aromatic rings. The molecule has 0 aromatic heterocycles. The Kier molecular flexibility index (Phi) is 6.12. The fraction of sp³-hybridized carbons (Fsp3) is 1.00. The van der Waals surface area contributed by atoms with E-state index >= 15 is 0 Å². The average Bonchev–Trinajstić information content (AvgIpc) is 1.69. The molecule has 41 valence electrons. The van der Waals surface area contributed by atoms with Crippen molar-refractivity contribution in [1.29, 1.82) is 0 Å². The summed E-state index contributed by atoms with van der Waals surface area (Å²) >= 11 is 0. The van der Waals surface area contributed by atoms with Crippen LogP contribution in [0.5, 0.6) is 0 Å². The predicted molar refractivity (Wildman–Crippen MR) is 36.1 cm³/mol. The lowest BCUT2D eigenvalue weighted by Crippen LogP contribution is -1.72. The molecule has 0 aliphatic rings. The Morgan fingerprint density at radius 1 is 1.14 bits per heavy atom. The Balaban J connectivity index is 2.45. The Morgan fingerprint density at radius 3 is 2.29 bits per heavy atom. The van der Waals surface area contributed by atoms with Gasteiger partial charge in [-0.1, -0.05) is 38.9 Å². The molecule has 0 heterocycles. The maximum atomic E-state index is 3.76. The molecule has 0 saturated carbocycles. The van der Waals surface area contributed by atoms with E-state index < -0.39 is 0 Å². The van der Waals surface area contributed by atoms with E-state index in [4.69, 9.17) is 0 Å². The summed E-state index contributed by atoms with van der Waals surface area (Å²) in [5.41, 5.74) is 0. The number of unbranched alkanes of at least 4 members (excludes halogenated alkanes) is 3. The van der Waals surface area contributed by atoms with Crippen LogP contribution in [0.1, 0.15) is 32.6 Å². The minimum Gasteiger partial charge on any atom is -0.0846 e. The summed E-state index contributed by atoms with van der Waals surface area (Å²) < 4.78 is 0. The first-order valence-corrected chi connectivity index (χ1v) is 3.21. The molecule has 0 atom stereocenters. The van der Waals surface area contributed by atoms with Crippen LogP contribution in [0.4, 0.5) is 0 Å². The number of hydrogen-bond donors (Lipinski definition) is 0. The van der Waals surface area contributed by atoms with Crippen molar-refractivity contribution in [3.63, 3.8) is 0 Å². The second-order valence-corrected chi connectivity index (χ2v) is 1.91. The Bertz CT molecular complexity index is 23.4. The van der Waals surface area contributed by atoms with Gasteiger partial charge < -0.3 is 0 Å². The van der Waals surface area contributed by atoms with Gasteiger partial charge in [-0.15, -0.1) is 0 Å². The van der Waals surface area contributed by atoms with Gasteiger partial charge in [-0.05, 0) is 0 Å². The van der Waals surface area contributed by atoms with Crippen molar-refractivity contribution >= 4 is 7.85 Å². The molecule has 1 heteroatoms. The molecule has 0 aromatic carbocycles. The molecule has 0 spiro atoms. The van der Waals surface area contributed by atoms with Crippen molar-refractivity contribution in [1.82, 2.24) is 0 Å². The molecule has 0 bridgehead atoms. The molecule has 1 radical (unpaired) electrons. The third kappa shape index (κ3) is 6.06. The van der Waals surface area contributed by atoms with Crippen molar-refractivity contribution in [2.45, 2.75) is 38.9 Å². The summed E-state index contributed by atoms with van der Waals surface area (Å²) in [7, 11) is 3.76. The summed E-state index contributed by atoms with van der Waals surface area (Å²) in [5.74, 6) is 0. The summed E-state index contributed by atoms with van der Waals surface area (Å²) in [6.45, 7) is 2.23. The highest BCUT2D eigenvalue weighted by atomic mass is 13.8. The van der Waals surface area contributed by atoms with Gasteiger partial charge in [0.1, 0.15) is 0 Å². The first-order valence-electron chi connectivity index (χ1n) is 3.21. The first-order chi connectivity index (χ1) is 3.41. The highest BCUT2D eigenvalue weighted by molar-refractivity contribution is 6.08. The normalized spacial score (nSPS) is 9.29. The standard InChI is InChI=1S/C6H14B/c1-2-3-4-5-6-7/h7H,2-6H2,1H3. The Hall–Kier alpha value is 0.0649. The van der Waals surface area contributed by atoms with Crippen LogP contribution in [-0.2, 0) is 0 Å². The molecule has 0 fully saturated rings. The molecule has 0 aliphatic heterocycles. The van der Waals surface area contributed by atoms with Crippen molar-refractivity contribution < 1.29 is 0 Å². The van der Waals surface area contributed by atoms with Crippen LogP contribution in [0.15, 0.2) is 0 Å². The molecular formula is C6H14B. The molecule has 0 unspecified atom stereocenters. The number of rotatable bonds is 4. The number of hydrogen-bond acceptors (Lipinski definition) is 0. The van der Waals surface area contributed by atoms with E-state index in [1.165, 1.54) is 25.7 Å². The van der Waals surface area contributed by atoms with Gasteiger partial charge in [0, 0.05) is 0 Å². The molecule has 0 saturated heterocycles. The van der Waals surface area contributed by atoms with Gasteiger partial charge in [0.25, 0.3) is 0 Å². The SMILES string of the molecule is [BH]CCCCCC. The van der Waals surface area contributed by atoms with Gasteiger partial charge in [-0.3, -0.25) is 0 Å². The van der Waals surface area contributed by atoms with E-state index in [2.05, 4.69) is 14.8 Å². The third-order valence-corrected chi connectivity index (χ3v) is 1.10. The van der Waals surface area contributed by atoms with E-state index in [0.717, 1.165) is 6.32 Å². The second kappa shape index (κ2) is 6.06. The zero-order chi connectivity index (χ0) is 5.54. The second-order valence-electron chi connectivity index (χ2n) is 1.91. The topological polar surface area (TPSA) is 0 Å². The lowest BCUT2D eigenvalue weighted by atomic mass is 9.99. The van der Waals surface area contributed by atoms with Gasteiger partial charge in [-0.2, -0.15) is 0 Å². The van der Waals surface area contributed by atoms with Gasteiger partial charge in [0.15, 0.2) is 0 Å². The zero-order valence-electron chi connectivity index (χ0n) is 5.24. The van der Waals surface area contributed by atoms with Gasteiger partial charge in [-0.25, -0.2) is 0 Å². The van der Waals surface area contributed by atoms with Crippen LogP contribution < -0.4 is 0 Å². The molecule has 0 amide bonds. The third-order valence-electron chi connectivity index (χ3n) is 1.10. The fourth-order valence-corrected chi connectivity index (χ4v) is 0.604. The predicted octanol–water partition coefficient (Wildman–Crippen LogP) is 1.89. The molecule has 0 aliphatic carbocycles. The van der Waals surface area contributed by atoms with Crippen LogP contribution in [0, 0.1) is 0 Å². The van der Waals surface area contributed by atoms with E-state index in [1.54, 1.807) is 0 Å². The van der Waals surface area contributed by atoms with Crippen molar-refractivity contribution in [3.05, 3.63) is 0 Å². The van der Waals surface area contributed by atoms with E-state index in [1.807, 2.05) is 0 Å². The largest absolute Gasteiger partial charge is 0.0865 e. The summed E-state index contributed by atoms with van der Waals surface area (Å²) in [6.07, 6.45) is 6.52. The summed E-state index contributed by atoms with van der Waals surface area (Å²) in [4.78, 5) is 0. The maximum Gasteiger partial charge on any atom is 0.0865 e. The average molecular weight is 97.0 g/mol. The minimum atomic E-state index is 1.11. The van der Waals surface area contributed by atoms with Crippen molar-refractivity contribution in [2.24, 2.45) is 0 Å². The minimum absolute atomic E-state index is 1.11. The summed E-state index contributed by atoms with van der Waals surface area (Å²) in [6, 6.07) is 0. The van der Waals surface area contributed by atoms with Crippen LogP contribution in [0.3, 0.4) is 0 Å². The van der Waals surface area contributed by atoms with E-state index in [9.17, 15) is 0 Å². The molecular weight excluding hydrogens is 82.9 g/mol. The molecule has 0 nitrogen and oxygen atoms in total. The maximum absolute atomic E-state index is 3.76. The molecule has 0 rings (SSSR count). The Labute approximate surface area is 47.7 Å². The van der Waals surface area contributed by atoms with E-state index in [-0.39, 0.29) is 0 Å². The monoisotopic (exact) mass is 97.1 g/mol. The van der Waals surface area contributed by atoms with Crippen molar-refractivity contribution in [2.75, 3.05) is 0 Å². The highest BCUT2D eigenvalue weighted by Gasteiger charge is 1.80. The quantitative estimate of drug-likeness (QED) is 0.371. The lowest BCUT2D eigenvalue weighted by Gasteiger charge is -1.90. The first kappa shape index (κ1) is 7.06. The van der Waals surface area contributed by atoms with Crippen LogP contribution in [0.25, 0.3) is 0 Å². The summed E-state index contributed by atoms with van der Waals surface area (Å²) in [5, 5.41) is 0. The van der Waals surface area contributed by atoms with Gasteiger partial charge >= 0.3 is 0 Å². The van der Waals surface area contributed by atoms with Crippen LogP contribution in [-0.4, -0.2) is 7.85 Å². The highest BCUT2D eigenvalue weighted by Crippen LogP contribution is 1.99. The lowest BCUT2D eigenvalue weighted by molar-refractivity contribution is 0.701. The fourth-order valence-electron chi connectivity index (χ4n) is 0.604. The molecule has 7 heavy (non-hydrogen) atoms. The van der Waals surface area contributed by atoms with Crippen LogP contribution >= 0.6 is 0 Å². The Morgan fingerprint density at radius 2 is 1.86 bits per heavy atom.